The average Bonchev–Trinajstić information content (AvgIpc) is 2.59. The first-order valence-corrected chi connectivity index (χ1v) is 10.2. The second-order valence-electron chi connectivity index (χ2n) is 8.81. The molecule has 0 saturated heterocycles. The van der Waals surface area contributed by atoms with Crippen LogP contribution in [0, 0.1) is 5.92 Å². The molecule has 2 aliphatic carbocycles. The summed E-state index contributed by atoms with van der Waals surface area (Å²) in [6.07, 6.45) is 9.06. The molecule has 0 aliphatic heterocycles. The van der Waals surface area contributed by atoms with Gasteiger partial charge in [-0.3, -0.25) is 4.79 Å². The van der Waals surface area contributed by atoms with E-state index in [4.69, 9.17) is 0 Å². The number of nitrogens with zero attached hydrogens (tertiary/aromatic N) is 2. The van der Waals surface area contributed by atoms with Crippen molar-refractivity contribution < 1.29 is 9.90 Å². The van der Waals surface area contributed by atoms with Crippen LogP contribution >= 0.6 is 0 Å². The first-order chi connectivity index (χ1) is 12.9. The molecule has 2 saturated carbocycles. The molecule has 5 nitrogen and oxygen atoms in total. The number of amides is 1. The van der Waals surface area contributed by atoms with Crippen molar-refractivity contribution in [3.05, 3.63) is 35.7 Å². The maximum atomic E-state index is 12.6. The number of rotatable bonds is 4. The molecule has 1 amide bonds. The van der Waals surface area contributed by atoms with E-state index in [0.29, 0.717) is 17.4 Å². The Kier molecular flexibility index (Phi) is 4.89. The van der Waals surface area contributed by atoms with Crippen molar-refractivity contribution in [2.24, 2.45) is 5.92 Å². The Morgan fingerprint density at radius 3 is 2.52 bits per heavy atom. The molecule has 2 aliphatic rings. The van der Waals surface area contributed by atoms with Gasteiger partial charge in [0.25, 0.3) is 5.91 Å². The summed E-state index contributed by atoms with van der Waals surface area (Å²) in [5, 5.41) is 14.2. The molecular formula is C22H29N3O2. The topological polar surface area (TPSA) is 75.1 Å². The highest BCUT2D eigenvalue weighted by molar-refractivity contribution is 5.97. The third kappa shape index (κ3) is 3.98. The van der Waals surface area contributed by atoms with E-state index in [1.54, 1.807) is 6.20 Å². The molecular weight excluding hydrogens is 338 g/mol. The van der Waals surface area contributed by atoms with Crippen LogP contribution in [0.3, 0.4) is 0 Å². The molecule has 0 bridgehead atoms. The van der Waals surface area contributed by atoms with Gasteiger partial charge in [-0.1, -0.05) is 6.42 Å². The molecule has 4 rings (SSSR count). The number of hydrogen-bond acceptors (Lipinski definition) is 4. The molecule has 2 fully saturated rings. The fraction of sp³-hybridized carbons (Fsp3) is 0.591. The summed E-state index contributed by atoms with van der Waals surface area (Å²) in [6.45, 7) is 3.75. The smallest absolute Gasteiger partial charge is 0.253 e. The minimum Gasteiger partial charge on any atom is -0.390 e. The van der Waals surface area contributed by atoms with Gasteiger partial charge in [-0.2, -0.15) is 0 Å². The van der Waals surface area contributed by atoms with Crippen molar-refractivity contribution in [3.8, 4) is 0 Å². The third-order valence-corrected chi connectivity index (χ3v) is 6.41. The zero-order valence-corrected chi connectivity index (χ0v) is 16.2. The average molecular weight is 367 g/mol. The molecule has 144 valence electrons. The SMILES string of the molecule is CC(C)(O)[C@H]1CC[C@H](NC(=O)c2cnc3nc(C4CCC4)ccc3c2)CC1. The van der Waals surface area contributed by atoms with Gasteiger partial charge in [0, 0.05) is 29.2 Å². The fourth-order valence-electron chi connectivity index (χ4n) is 4.29. The number of nitrogens with one attached hydrogen (secondary N) is 1. The van der Waals surface area contributed by atoms with E-state index >= 15 is 0 Å². The number of hydrogen-bond donors (Lipinski definition) is 2. The standard InChI is InChI=1S/C22H29N3O2/c1-22(2,27)17-7-9-18(10-8-17)24-21(26)16-12-15-6-11-19(14-4-3-5-14)25-20(15)23-13-16/h6,11-14,17-18,27H,3-5,7-10H2,1-2H3,(H,24,26)/t17-,18-. The lowest BCUT2D eigenvalue weighted by atomic mass is 9.77. The summed E-state index contributed by atoms with van der Waals surface area (Å²) in [5.74, 6) is 0.821. The van der Waals surface area contributed by atoms with Gasteiger partial charge in [0.1, 0.15) is 0 Å². The summed E-state index contributed by atoms with van der Waals surface area (Å²) < 4.78 is 0. The van der Waals surface area contributed by atoms with Gasteiger partial charge in [0.05, 0.1) is 11.2 Å². The molecule has 27 heavy (non-hydrogen) atoms. The van der Waals surface area contributed by atoms with Gasteiger partial charge < -0.3 is 10.4 Å². The number of aromatic nitrogens is 2. The Labute approximate surface area is 160 Å². The Morgan fingerprint density at radius 1 is 1.15 bits per heavy atom. The van der Waals surface area contributed by atoms with E-state index in [2.05, 4.69) is 21.4 Å². The molecule has 2 aromatic heterocycles. The number of aliphatic hydroxyl groups is 1. The lowest BCUT2D eigenvalue weighted by Crippen LogP contribution is -2.41. The Bertz CT molecular complexity index is 831. The van der Waals surface area contributed by atoms with Crippen LogP contribution in [0.5, 0.6) is 0 Å². The van der Waals surface area contributed by atoms with E-state index in [1.807, 2.05) is 26.0 Å². The predicted octanol–water partition coefficient (Wildman–Crippen LogP) is 3.96. The largest absolute Gasteiger partial charge is 0.390 e. The van der Waals surface area contributed by atoms with Gasteiger partial charge in [-0.15, -0.1) is 0 Å². The van der Waals surface area contributed by atoms with E-state index in [0.717, 1.165) is 42.4 Å². The van der Waals surface area contributed by atoms with Gasteiger partial charge in [-0.05, 0) is 76.5 Å². The second-order valence-corrected chi connectivity index (χ2v) is 8.81. The van der Waals surface area contributed by atoms with Crippen LogP contribution in [0.25, 0.3) is 11.0 Å². The number of carbonyl (C=O) groups excluding carboxylic acids is 1. The maximum absolute atomic E-state index is 12.6. The van der Waals surface area contributed by atoms with E-state index in [-0.39, 0.29) is 11.9 Å². The summed E-state index contributed by atoms with van der Waals surface area (Å²) in [7, 11) is 0. The van der Waals surface area contributed by atoms with E-state index < -0.39 is 5.60 Å². The summed E-state index contributed by atoms with van der Waals surface area (Å²) >= 11 is 0. The number of carbonyl (C=O) groups is 1. The van der Waals surface area contributed by atoms with Crippen LogP contribution in [-0.2, 0) is 0 Å². The first kappa shape index (κ1) is 18.4. The highest BCUT2D eigenvalue weighted by Crippen LogP contribution is 2.36. The molecule has 5 heteroatoms. The van der Waals surface area contributed by atoms with Crippen LogP contribution < -0.4 is 5.32 Å². The molecule has 0 aromatic carbocycles. The van der Waals surface area contributed by atoms with Crippen LogP contribution in [-0.4, -0.2) is 32.6 Å². The van der Waals surface area contributed by atoms with Crippen LogP contribution in [0.1, 0.15) is 80.8 Å². The van der Waals surface area contributed by atoms with Gasteiger partial charge in [0.2, 0.25) is 0 Å². The van der Waals surface area contributed by atoms with Crippen LogP contribution in [0.4, 0.5) is 0 Å². The van der Waals surface area contributed by atoms with Crippen molar-refractivity contribution in [3.63, 3.8) is 0 Å². The quantitative estimate of drug-likeness (QED) is 0.858. The Morgan fingerprint density at radius 2 is 1.89 bits per heavy atom. The van der Waals surface area contributed by atoms with Crippen molar-refractivity contribution in [2.45, 2.75) is 76.4 Å². The third-order valence-electron chi connectivity index (χ3n) is 6.41. The zero-order valence-electron chi connectivity index (χ0n) is 16.2. The predicted molar refractivity (Wildman–Crippen MR) is 106 cm³/mol. The van der Waals surface area contributed by atoms with Gasteiger partial charge >= 0.3 is 0 Å². The Balaban J connectivity index is 1.41. The molecule has 0 unspecified atom stereocenters. The van der Waals surface area contributed by atoms with Gasteiger partial charge in [0.15, 0.2) is 5.65 Å². The minimum absolute atomic E-state index is 0.0702. The monoisotopic (exact) mass is 367 g/mol. The van der Waals surface area contributed by atoms with E-state index in [9.17, 15) is 9.90 Å². The maximum Gasteiger partial charge on any atom is 0.253 e. The zero-order chi connectivity index (χ0) is 19.0. The summed E-state index contributed by atoms with van der Waals surface area (Å²) in [5.41, 5.74) is 1.80. The fourth-order valence-corrected chi connectivity index (χ4v) is 4.29. The molecule has 2 N–H and O–H groups in total. The van der Waals surface area contributed by atoms with Crippen molar-refractivity contribution >= 4 is 16.9 Å². The normalized spacial score (nSPS) is 23.8. The summed E-state index contributed by atoms with van der Waals surface area (Å²) in [6, 6.07) is 6.17. The van der Waals surface area contributed by atoms with Crippen molar-refractivity contribution in [1.29, 1.82) is 0 Å². The Hall–Kier alpha value is -2.01. The minimum atomic E-state index is -0.636. The second kappa shape index (κ2) is 7.19. The molecule has 0 radical (unpaired) electrons. The number of fused-ring (bicyclic) bond motifs is 1. The van der Waals surface area contributed by atoms with Gasteiger partial charge in [-0.25, -0.2) is 9.97 Å². The summed E-state index contributed by atoms with van der Waals surface area (Å²) in [4.78, 5) is 21.8. The van der Waals surface area contributed by atoms with Crippen LogP contribution in [0.15, 0.2) is 24.4 Å². The molecule has 0 atom stereocenters. The van der Waals surface area contributed by atoms with Crippen molar-refractivity contribution in [1.82, 2.24) is 15.3 Å². The lowest BCUT2D eigenvalue weighted by Gasteiger charge is -2.36. The molecule has 2 heterocycles. The molecule has 2 aromatic rings. The van der Waals surface area contributed by atoms with Crippen molar-refractivity contribution in [2.75, 3.05) is 0 Å². The highest BCUT2D eigenvalue weighted by Gasteiger charge is 2.31. The first-order valence-electron chi connectivity index (χ1n) is 10.2. The highest BCUT2D eigenvalue weighted by atomic mass is 16.3. The number of pyridine rings is 2. The molecule has 0 spiro atoms. The lowest BCUT2D eigenvalue weighted by molar-refractivity contribution is -0.00257. The van der Waals surface area contributed by atoms with Crippen LogP contribution in [0.2, 0.25) is 0 Å². The van der Waals surface area contributed by atoms with E-state index in [1.165, 1.54) is 19.3 Å².